The number of hydrogen-bond donors (Lipinski definition) is 2. The number of piperidine rings is 1. The summed E-state index contributed by atoms with van der Waals surface area (Å²) in [6.07, 6.45) is 5.02. The minimum atomic E-state index is -0.599. The van der Waals surface area contributed by atoms with Crippen LogP contribution in [0.3, 0.4) is 0 Å². The number of benzene rings is 1. The molecule has 0 bridgehead atoms. The van der Waals surface area contributed by atoms with E-state index in [2.05, 4.69) is 15.2 Å². The Balaban J connectivity index is 1.61. The Morgan fingerprint density at radius 1 is 1.04 bits per heavy atom. The summed E-state index contributed by atoms with van der Waals surface area (Å²) in [5.41, 5.74) is 0.755. The number of aromatic amines is 1. The second kappa shape index (κ2) is 7.16. The van der Waals surface area contributed by atoms with Crippen molar-refractivity contribution in [1.29, 1.82) is 0 Å². The van der Waals surface area contributed by atoms with E-state index in [1.165, 1.54) is 31.5 Å². The van der Waals surface area contributed by atoms with Gasteiger partial charge < -0.3 is 10.2 Å². The molecule has 24 heavy (non-hydrogen) atoms. The SMILES string of the molecule is O=C(Cn1ccc(=O)[nH]c1=O)Nc1ccc(N2CCCCC2)cc1. The zero-order valence-corrected chi connectivity index (χ0v) is 13.3. The lowest BCUT2D eigenvalue weighted by atomic mass is 10.1. The van der Waals surface area contributed by atoms with Crippen molar-refractivity contribution in [3.05, 3.63) is 57.4 Å². The minimum Gasteiger partial charge on any atom is -0.372 e. The van der Waals surface area contributed by atoms with Crippen LogP contribution in [0.5, 0.6) is 0 Å². The van der Waals surface area contributed by atoms with Gasteiger partial charge >= 0.3 is 5.69 Å². The monoisotopic (exact) mass is 328 g/mol. The highest BCUT2D eigenvalue weighted by Crippen LogP contribution is 2.21. The third-order valence-electron chi connectivity index (χ3n) is 4.08. The second-order valence-electron chi connectivity index (χ2n) is 5.88. The Labute approximate surface area is 138 Å². The number of carbonyl (C=O) groups is 1. The molecule has 0 atom stereocenters. The van der Waals surface area contributed by atoms with Crippen molar-refractivity contribution in [3.63, 3.8) is 0 Å². The van der Waals surface area contributed by atoms with Gasteiger partial charge in [-0.1, -0.05) is 0 Å². The first-order valence-electron chi connectivity index (χ1n) is 8.06. The molecule has 2 aromatic rings. The summed E-state index contributed by atoms with van der Waals surface area (Å²) < 4.78 is 1.15. The molecule has 1 aromatic carbocycles. The Morgan fingerprint density at radius 2 is 1.75 bits per heavy atom. The van der Waals surface area contributed by atoms with Gasteiger partial charge in [-0.3, -0.25) is 19.1 Å². The van der Waals surface area contributed by atoms with E-state index in [0.717, 1.165) is 23.3 Å². The number of anilines is 2. The molecule has 1 aliphatic rings. The molecule has 0 saturated carbocycles. The fourth-order valence-corrected chi connectivity index (χ4v) is 2.83. The molecule has 7 nitrogen and oxygen atoms in total. The average molecular weight is 328 g/mol. The summed E-state index contributed by atoms with van der Waals surface area (Å²) in [7, 11) is 0. The quantitative estimate of drug-likeness (QED) is 0.882. The standard InChI is InChI=1S/C17H20N4O3/c22-15-8-11-21(17(24)19-15)12-16(23)18-13-4-6-14(7-5-13)20-9-2-1-3-10-20/h4-8,11H,1-3,9-10,12H2,(H,18,23)(H,19,22,24). The van der Waals surface area contributed by atoms with Crippen LogP contribution in [-0.4, -0.2) is 28.5 Å². The van der Waals surface area contributed by atoms with Crippen LogP contribution < -0.4 is 21.5 Å². The Kier molecular flexibility index (Phi) is 4.79. The van der Waals surface area contributed by atoms with Gasteiger partial charge in [0, 0.05) is 36.7 Å². The molecule has 7 heteroatoms. The molecule has 1 saturated heterocycles. The topological polar surface area (TPSA) is 87.2 Å². The molecule has 1 aromatic heterocycles. The lowest BCUT2D eigenvalue weighted by Crippen LogP contribution is -2.32. The van der Waals surface area contributed by atoms with Crippen molar-refractivity contribution >= 4 is 17.3 Å². The predicted molar refractivity (Wildman–Crippen MR) is 92.5 cm³/mol. The summed E-state index contributed by atoms with van der Waals surface area (Å²) in [6.45, 7) is 1.99. The molecule has 0 spiro atoms. The summed E-state index contributed by atoms with van der Waals surface area (Å²) in [6, 6.07) is 8.91. The Bertz CT molecular complexity index is 817. The summed E-state index contributed by atoms with van der Waals surface area (Å²) in [5, 5.41) is 2.75. The van der Waals surface area contributed by atoms with Crippen LogP contribution in [0.25, 0.3) is 0 Å². The van der Waals surface area contributed by atoms with Crippen LogP contribution in [0.4, 0.5) is 11.4 Å². The highest BCUT2D eigenvalue weighted by Gasteiger charge is 2.11. The molecular weight excluding hydrogens is 308 g/mol. The summed E-state index contributed by atoms with van der Waals surface area (Å²) in [5.74, 6) is -0.324. The summed E-state index contributed by atoms with van der Waals surface area (Å²) in [4.78, 5) is 39.1. The van der Waals surface area contributed by atoms with Crippen molar-refractivity contribution in [2.75, 3.05) is 23.3 Å². The van der Waals surface area contributed by atoms with Crippen molar-refractivity contribution in [2.45, 2.75) is 25.8 Å². The van der Waals surface area contributed by atoms with Gasteiger partial charge in [-0.05, 0) is 43.5 Å². The van der Waals surface area contributed by atoms with E-state index in [0.29, 0.717) is 5.69 Å². The maximum absolute atomic E-state index is 12.0. The zero-order valence-electron chi connectivity index (χ0n) is 13.3. The normalized spacial score (nSPS) is 14.4. The van der Waals surface area contributed by atoms with Crippen LogP contribution in [0, 0.1) is 0 Å². The number of aromatic nitrogens is 2. The first-order valence-corrected chi connectivity index (χ1v) is 8.06. The Morgan fingerprint density at radius 3 is 2.42 bits per heavy atom. The Hall–Kier alpha value is -2.83. The molecule has 1 amide bonds. The van der Waals surface area contributed by atoms with Crippen molar-refractivity contribution in [3.8, 4) is 0 Å². The minimum absolute atomic E-state index is 0.149. The van der Waals surface area contributed by atoms with E-state index >= 15 is 0 Å². The zero-order chi connectivity index (χ0) is 16.9. The smallest absolute Gasteiger partial charge is 0.328 e. The van der Waals surface area contributed by atoms with Crippen LogP contribution >= 0.6 is 0 Å². The first-order chi connectivity index (χ1) is 11.6. The van der Waals surface area contributed by atoms with Crippen LogP contribution in [0.1, 0.15) is 19.3 Å². The number of nitrogens with zero attached hydrogens (tertiary/aromatic N) is 2. The molecular formula is C17H20N4O3. The molecule has 0 radical (unpaired) electrons. The molecule has 2 N–H and O–H groups in total. The third-order valence-corrected chi connectivity index (χ3v) is 4.08. The largest absolute Gasteiger partial charge is 0.372 e. The lowest BCUT2D eigenvalue weighted by Gasteiger charge is -2.28. The van der Waals surface area contributed by atoms with Gasteiger partial charge in [-0.15, -0.1) is 0 Å². The molecule has 1 aliphatic heterocycles. The van der Waals surface area contributed by atoms with E-state index < -0.39 is 11.2 Å². The van der Waals surface area contributed by atoms with Crippen LogP contribution in [0.2, 0.25) is 0 Å². The molecule has 1 fully saturated rings. The number of hydrogen-bond acceptors (Lipinski definition) is 4. The number of amides is 1. The van der Waals surface area contributed by atoms with Gasteiger partial charge in [0.25, 0.3) is 5.56 Å². The molecule has 3 rings (SSSR count). The maximum atomic E-state index is 12.0. The first kappa shape index (κ1) is 16.0. The van der Waals surface area contributed by atoms with Gasteiger partial charge in [-0.25, -0.2) is 4.79 Å². The lowest BCUT2D eigenvalue weighted by molar-refractivity contribution is -0.116. The van der Waals surface area contributed by atoms with E-state index in [1.54, 1.807) is 0 Å². The molecule has 2 heterocycles. The summed E-state index contributed by atoms with van der Waals surface area (Å²) >= 11 is 0. The third kappa shape index (κ3) is 3.92. The number of H-pyrrole nitrogens is 1. The molecule has 0 unspecified atom stereocenters. The van der Waals surface area contributed by atoms with E-state index in [9.17, 15) is 14.4 Å². The van der Waals surface area contributed by atoms with Crippen molar-refractivity contribution in [1.82, 2.24) is 9.55 Å². The van der Waals surface area contributed by atoms with Gasteiger partial charge in [0.05, 0.1) is 0 Å². The molecule has 0 aliphatic carbocycles. The second-order valence-corrected chi connectivity index (χ2v) is 5.88. The highest BCUT2D eigenvalue weighted by molar-refractivity contribution is 5.90. The van der Waals surface area contributed by atoms with Gasteiger partial charge in [0.15, 0.2) is 0 Å². The van der Waals surface area contributed by atoms with Crippen molar-refractivity contribution < 1.29 is 4.79 Å². The average Bonchev–Trinajstić information content (AvgIpc) is 2.59. The molecule has 126 valence electrons. The highest BCUT2D eigenvalue weighted by atomic mass is 16.2. The number of carbonyl (C=O) groups excluding carboxylic acids is 1. The number of nitrogens with one attached hydrogen (secondary N) is 2. The maximum Gasteiger partial charge on any atom is 0.328 e. The van der Waals surface area contributed by atoms with Gasteiger partial charge in [0.2, 0.25) is 5.91 Å². The van der Waals surface area contributed by atoms with Crippen LogP contribution in [-0.2, 0) is 11.3 Å². The fraction of sp³-hybridized carbons (Fsp3) is 0.353. The van der Waals surface area contributed by atoms with Gasteiger partial charge in [-0.2, -0.15) is 0 Å². The van der Waals surface area contributed by atoms with E-state index in [1.807, 2.05) is 24.3 Å². The van der Waals surface area contributed by atoms with E-state index in [-0.39, 0.29) is 12.5 Å². The predicted octanol–water partition coefficient (Wildman–Crippen LogP) is 1.17. The van der Waals surface area contributed by atoms with Gasteiger partial charge in [0.1, 0.15) is 6.54 Å². The fourth-order valence-electron chi connectivity index (χ4n) is 2.83. The van der Waals surface area contributed by atoms with Crippen molar-refractivity contribution in [2.24, 2.45) is 0 Å². The van der Waals surface area contributed by atoms with Crippen LogP contribution in [0.15, 0.2) is 46.1 Å². The number of rotatable bonds is 4. The van der Waals surface area contributed by atoms with E-state index in [4.69, 9.17) is 0 Å².